The van der Waals surface area contributed by atoms with E-state index in [0.29, 0.717) is 13.0 Å². The van der Waals surface area contributed by atoms with Gasteiger partial charge in [0.25, 0.3) is 0 Å². The molecule has 1 aromatic rings. The minimum Gasteiger partial charge on any atom is -0.378 e. The molecule has 19 heavy (non-hydrogen) atoms. The molecule has 0 aliphatic carbocycles. The summed E-state index contributed by atoms with van der Waals surface area (Å²) in [6.07, 6.45) is 1.35. The maximum atomic E-state index is 11.6. The van der Waals surface area contributed by atoms with Crippen molar-refractivity contribution in [3.63, 3.8) is 0 Å². The summed E-state index contributed by atoms with van der Waals surface area (Å²) in [5.74, 6) is 0.406. The van der Waals surface area contributed by atoms with Gasteiger partial charge in [0, 0.05) is 40.3 Å². The minimum atomic E-state index is 0.156. The van der Waals surface area contributed by atoms with E-state index >= 15 is 0 Å². The average molecular weight is 263 g/mol. The average Bonchev–Trinajstić information content (AvgIpc) is 2.39. The first-order valence-electron chi connectivity index (χ1n) is 6.63. The highest BCUT2D eigenvalue weighted by molar-refractivity contribution is 5.75. The number of anilines is 1. The van der Waals surface area contributed by atoms with Gasteiger partial charge in [0.05, 0.1) is 0 Å². The molecule has 0 spiro atoms. The molecule has 1 amide bonds. The molecule has 2 N–H and O–H groups in total. The smallest absolute Gasteiger partial charge is 0.222 e. The van der Waals surface area contributed by atoms with E-state index in [0.717, 1.165) is 6.42 Å². The number of amides is 1. The maximum absolute atomic E-state index is 11.6. The summed E-state index contributed by atoms with van der Waals surface area (Å²) in [6.45, 7) is 0.571. The van der Waals surface area contributed by atoms with Crippen LogP contribution in [-0.4, -0.2) is 45.5 Å². The fourth-order valence-corrected chi connectivity index (χ4v) is 1.99. The van der Waals surface area contributed by atoms with Crippen molar-refractivity contribution < 1.29 is 4.79 Å². The topological polar surface area (TPSA) is 49.6 Å². The predicted molar refractivity (Wildman–Crippen MR) is 80.5 cm³/mol. The molecule has 4 heteroatoms. The fraction of sp³-hybridized carbons (Fsp3) is 0.533. The highest BCUT2D eigenvalue weighted by Gasteiger charge is 2.13. The van der Waals surface area contributed by atoms with E-state index in [-0.39, 0.29) is 11.8 Å². The molecule has 106 valence electrons. The third kappa shape index (κ3) is 4.56. The Labute approximate surface area is 116 Å². The lowest BCUT2D eigenvalue weighted by Gasteiger charge is -2.18. The monoisotopic (exact) mass is 263 g/mol. The van der Waals surface area contributed by atoms with Crippen LogP contribution in [0.25, 0.3) is 0 Å². The van der Waals surface area contributed by atoms with Gasteiger partial charge in [-0.15, -0.1) is 0 Å². The van der Waals surface area contributed by atoms with Gasteiger partial charge in [-0.05, 0) is 36.6 Å². The quantitative estimate of drug-likeness (QED) is 0.849. The van der Waals surface area contributed by atoms with Gasteiger partial charge in [0.2, 0.25) is 5.91 Å². The standard InChI is InChI=1S/C15H25N3O/c1-17(2)14-8-5-12(6-9-14)13(11-16)7-10-15(19)18(3)4/h5-6,8-9,13H,7,10-11,16H2,1-4H3. The van der Waals surface area contributed by atoms with Gasteiger partial charge in [-0.25, -0.2) is 0 Å². The number of carbonyl (C=O) groups excluding carboxylic acids is 1. The molecule has 4 nitrogen and oxygen atoms in total. The Morgan fingerprint density at radius 1 is 1.16 bits per heavy atom. The van der Waals surface area contributed by atoms with Crippen LogP contribution in [0.4, 0.5) is 5.69 Å². The van der Waals surface area contributed by atoms with Crippen molar-refractivity contribution >= 4 is 11.6 Å². The number of hydrogen-bond acceptors (Lipinski definition) is 3. The van der Waals surface area contributed by atoms with Crippen LogP contribution >= 0.6 is 0 Å². The van der Waals surface area contributed by atoms with Gasteiger partial charge in [-0.3, -0.25) is 4.79 Å². The Kier molecular flexibility index (Phi) is 5.83. The number of carbonyl (C=O) groups is 1. The first kappa shape index (κ1) is 15.5. The van der Waals surface area contributed by atoms with Crippen molar-refractivity contribution in [3.05, 3.63) is 29.8 Å². The second-order valence-corrected chi connectivity index (χ2v) is 5.25. The summed E-state index contributed by atoms with van der Waals surface area (Å²) in [4.78, 5) is 15.3. The summed E-state index contributed by atoms with van der Waals surface area (Å²) >= 11 is 0. The summed E-state index contributed by atoms with van der Waals surface area (Å²) in [6, 6.07) is 8.39. The number of hydrogen-bond donors (Lipinski definition) is 1. The van der Waals surface area contributed by atoms with Crippen molar-refractivity contribution in [2.45, 2.75) is 18.8 Å². The van der Waals surface area contributed by atoms with Gasteiger partial charge < -0.3 is 15.5 Å². The second kappa shape index (κ2) is 7.14. The molecule has 1 rings (SSSR count). The summed E-state index contributed by atoms with van der Waals surface area (Å²) in [5.41, 5.74) is 8.21. The number of benzene rings is 1. The Bertz CT molecular complexity index is 398. The summed E-state index contributed by atoms with van der Waals surface area (Å²) in [7, 11) is 7.60. The SMILES string of the molecule is CN(C)C(=O)CCC(CN)c1ccc(N(C)C)cc1. The Balaban J connectivity index is 2.66. The molecule has 0 bridgehead atoms. The third-order valence-electron chi connectivity index (χ3n) is 3.37. The van der Waals surface area contributed by atoms with E-state index in [4.69, 9.17) is 5.73 Å². The normalized spacial score (nSPS) is 12.1. The van der Waals surface area contributed by atoms with Crippen molar-refractivity contribution in [1.82, 2.24) is 4.90 Å². The molecular formula is C15H25N3O. The highest BCUT2D eigenvalue weighted by atomic mass is 16.2. The predicted octanol–water partition coefficient (Wildman–Crippen LogP) is 1.66. The number of nitrogens with two attached hydrogens (primary N) is 1. The van der Waals surface area contributed by atoms with Gasteiger partial charge in [0.1, 0.15) is 0 Å². The molecule has 1 aromatic carbocycles. The fourth-order valence-electron chi connectivity index (χ4n) is 1.99. The zero-order valence-corrected chi connectivity index (χ0v) is 12.4. The first-order valence-corrected chi connectivity index (χ1v) is 6.63. The van der Waals surface area contributed by atoms with Crippen LogP contribution in [0.5, 0.6) is 0 Å². The second-order valence-electron chi connectivity index (χ2n) is 5.25. The van der Waals surface area contributed by atoms with Crippen LogP contribution in [0, 0.1) is 0 Å². The molecule has 0 saturated carbocycles. The van der Waals surface area contributed by atoms with Gasteiger partial charge >= 0.3 is 0 Å². The zero-order valence-electron chi connectivity index (χ0n) is 12.4. The summed E-state index contributed by atoms with van der Waals surface area (Å²) in [5, 5.41) is 0. The molecule has 0 aliphatic rings. The van der Waals surface area contributed by atoms with Crippen molar-refractivity contribution in [2.24, 2.45) is 5.73 Å². The molecular weight excluding hydrogens is 238 g/mol. The van der Waals surface area contributed by atoms with E-state index in [1.807, 2.05) is 14.1 Å². The molecule has 0 saturated heterocycles. The molecule has 0 radical (unpaired) electrons. The molecule has 1 unspecified atom stereocenters. The van der Waals surface area contributed by atoms with Crippen LogP contribution in [-0.2, 0) is 4.79 Å². The van der Waals surface area contributed by atoms with E-state index in [1.54, 1.807) is 19.0 Å². The van der Waals surface area contributed by atoms with Crippen molar-refractivity contribution in [1.29, 1.82) is 0 Å². The van der Waals surface area contributed by atoms with Crippen LogP contribution in [0.3, 0.4) is 0 Å². The Hall–Kier alpha value is -1.55. The van der Waals surface area contributed by atoms with E-state index in [2.05, 4.69) is 29.2 Å². The highest BCUT2D eigenvalue weighted by Crippen LogP contribution is 2.23. The lowest BCUT2D eigenvalue weighted by Crippen LogP contribution is -2.23. The van der Waals surface area contributed by atoms with Crippen molar-refractivity contribution in [2.75, 3.05) is 39.6 Å². The Morgan fingerprint density at radius 3 is 2.16 bits per heavy atom. The molecule has 0 fully saturated rings. The summed E-state index contributed by atoms with van der Waals surface area (Å²) < 4.78 is 0. The van der Waals surface area contributed by atoms with Crippen LogP contribution < -0.4 is 10.6 Å². The van der Waals surface area contributed by atoms with Crippen LogP contribution in [0.1, 0.15) is 24.3 Å². The molecule has 1 atom stereocenters. The van der Waals surface area contributed by atoms with Gasteiger partial charge in [-0.2, -0.15) is 0 Å². The van der Waals surface area contributed by atoms with E-state index in [9.17, 15) is 4.79 Å². The zero-order chi connectivity index (χ0) is 14.4. The van der Waals surface area contributed by atoms with Gasteiger partial charge in [0.15, 0.2) is 0 Å². The third-order valence-corrected chi connectivity index (χ3v) is 3.37. The molecule has 0 heterocycles. The Morgan fingerprint density at radius 2 is 1.74 bits per heavy atom. The number of rotatable bonds is 6. The van der Waals surface area contributed by atoms with Gasteiger partial charge in [-0.1, -0.05) is 12.1 Å². The van der Waals surface area contributed by atoms with Crippen LogP contribution in [0.15, 0.2) is 24.3 Å². The largest absolute Gasteiger partial charge is 0.378 e. The first-order chi connectivity index (χ1) is 8.95. The van der Waals surface area contributed by atoms with E-state index in [1.165, 1.54) is 11.3 Å². The van der Waals surface area contributed by atoms with E-state index < -0.39 is 0 Å². The lowest BCUT2D eigenvalue weighted by atomic mass is 9.94. The molecule has 0 aliphatic heterocycles. The lowest BCUT2D eigenvalue weighted by molar-refractivity contribution is -0.128. The number of nitrogens with zero attached hydrogens (tertiary/aromatic N) is 2. The minimum absolute atomic E-state index is 0.156. The van der Waals surface area contributed by atoms with Crippen molar-refractivity contribution in [3.8, 4) is 0 Å². The maximum Gasteiger partial charge on any atom is 0.222 e. The van der Waals surface area contributed by atoms with Crippen LogP contribution in [0.2, 0.25) is 0 Å². The molecule has 0 aromatic heterocycles.